The van der Waals surface area contributed by atoms with Gasteiger partial charge in [0.25, 0.3) is 0 Å². The number of pyridine rings is 1. The highest BCUT2D eigenvalue weighted by Crippen LogP contribution is 2.31. The maximum absolute atomic E-state index is 6.18. The molecule has 0 bridgehead atoms. The lowest BCUT2D eigenvalue weighted by molar-refractivity contribution is 0.614. The van der Waals surface area contributed by atoms with Gasteiger partial charge in [0.2, 0.25) is 0 Å². The van der Waals surface area contributed by atoms with Gasteiger partial charge in [-0.3, -0.25) is 4.98 Å². The Morgan fingerprint density at radius 2 is 2.17 bits per heavy atom. The van der Waals surface area contributed by atoms with Crippen LogP contribution in [0, 0.1) is 5.92 Å². The summed E-state index contributed by atoms with van der Waals surface area (Å²) in [6, 6.07) is 7.99. The van der Waals surface area contributed by atoms with Gasteiger partial charge >= 0.3 is 0 Å². The van der Waals surface area contributed by atoms with Crippen LogP contribution in [0.2, 0.25) is 5.02 Å². The van der Waals surface area contributed by atoms with Gasteiger partial charge in [-0.15, -0.1) is 0 Å². The van der Waals surface area contributed by atoms with Crippen molar-refractivity contribution in [1.29, 1.82) is 0 Å². The SMILES string of the molecule is Clc1ccc(CNCCC2CC2)c2ncccc12. The third-order valence-corrected chi connectivity index (χ3v) is 3.87. The van der Waals surface area contributed by atoms with Gasteiger partial charge in [0, 0.05) is 23.2 Å². The Morgan fingerprint density at radius 3 is 3.00 bits per heavy atom. The molecule has 0 saturated heterocycles. The van der Waals surface area contributed by atoms with E-state index in [4.69, 9.17) is 11.6 Å². The number of aromatic nitrogens is 1. The Kier molecular flexibility index (Phi) is 3.48. The first-order valence-electron chi connectivity index (χ1n) is 6.57. The second-order valence-electron chi connectivity index (χ2n) is 5.01. The molecule has 0 aliphatic heterocycles. The lowest BCUT2D eigenvalue weighted by atomic mass is 10.1. The number of nitrogens with one attached hydrogen (secondary N) is 1. The molecule has 1 aliphatic rings. The first-order valence-corrected chi connectivity index (χ1v) is 6.95. The molecule has 1 saturated carbocycles. The van der Waals surface area contributed by atoms with Crippen molar-refractivity contribution in [2.75, 3.05) is 6.54 Å². The number of hydrogen-bond acceptors (Lipinski definition) is 2. The lowest BCUT2D eigenvalue weighted by Crippen LogP contribution is -2.15. The van der Waals surface area contributed by atoms with Crippen molar-refractivity contribution in [3.63, 3.8) is 0 Å². The number of fused-ring (bicyclic) bond motifs is 1. The van der Waals surface area contributed by atoms with Crippen molar-refractivity contribution in [2.24, 2.45) is 5.92 Å². The van der Waals surface area contributed by atoms with Crippen molar-refractivity contribution in [2.45, 2.75) is 25.8 Å². The largest absolute Gasteiger partial charge is 0.313 e. The maximum atomic E-state index is 6.18. The fourth-order valence-corrected chi connectivity index (χ4v) is 2.49. The van der Waals surface area contributed by atoms with Crippen LogP contribution in [-0.4, -0.2) is 11.5 Å². The Bertz CT molecular complexity index is 549. The molecule has 1 fully saturated rings. The predicted molar refractivity (Wildman–Crippen MR) is 75.8 cm³/mol. The Labute approximate surface area is 112 Å². The number of halogens is 1. The zero-order valence-corrected chi connectivity index (χ0v) is 11.1. The second-order valence-corrected chi connectivity index (χ2v) is 5.42. The van der Waals surface area contributed by atoms with Gasteiger partial charge in [0.05, 0.1) is 5.52 Å². The van der Waals surface area contributed by atoms with E-state index in [1.807, 2.05) is 24.4 Å². The normalized spacial score (nSPS) is 15.2. The minimum atomic E-state index is 0.778. The Hall–Kier alpha value is -1.12. The molecular formula is C15H17ClN2. The first kappa shape index (κ1) is 11.9. The number of benzene rings is 1. The summed E-state index contributed by atoms with van der Waals surface area (Å²) in [7, 11) is 0. The minimum absolute atomic E-state index is 0.778. The highest BCUT2D eigenvalue weighted by Gasteiger charge is 2.19. The summed E-state index contributed by atoms with van der Waals surface area (Å²) < 4.78 is 0. The van der Waals surface area contributed by atoms with E-state index in [2.05, 4.69) is 16.4 Å². The van der Waals surface area contributed by atoms with E-state index in [1.165, 1.54) is 24.8 Å². The molecule has 0 atom stereocenters. The van der Waals surface area contributed by atoms with Crippen molar-refractivity contribution < 1.29 is 0 Å². The van der Waals surface area contributed by atoms with E-state index in [0.29, 0.717) is 0 Å². The molecule has 3 heteroatoms. The molecule has 0 spiro atoms. The summed E-state index contributed by atoms with van der Waals surface area (Å²) in [6.07, 6.45) is 5.98. The molecule has 1 aliphatic carbocycles. The number of nitrogens with zero attached hydrogens (tertiary/aromatic N) is 1. The quantitative estimate of drug-likeness (QED) is 0.828. The van der Waals surface area contributed by atoms with Crippen molar-refractivity contribution in [3.8, 4) is 0 Å². The molecule has 1 aromatic heterocycles. The number of rotatable bonds is 5. The fourth-order valence-electron chi connectivity index (χ4n) is 2.27. The first-order chi connectivity index (χ1) is 8.84. The van der Waals surface area contributed by atoms with E-state index < -0.39 is 0 Å². The van der Waals surface area contributed by atoms with Crippen LogP contribution in [0.4, 0.5) is 0 Å². The summed E-state index contributed by atoms with van der Waals surface area (Å²) in [5.74, 6) is 0.984. The van der Waals surface area contributed by atoms with Crippen LogP contribution in [-0.2, 0) is 6.54 Å². The summed E-state index contributed by atoms with van der Waals surface area (Å²) in [5, 5.41) is 5.32. The minimum Gasteiger partial charge on any atom is -0.313 e. The van der Waals surface area contributed by atoms with Crippen LogP contribution >= 0.6 is 11.6 Å². The van der Waals surface area contributed by atoms with Crippen LogP contribution in [0.1, 0.15) is 24.8 Å². The van der Waals surface area contributed by atoms with Crippen LogP contribution < -0.4 is 5.32 Å². The van der Waals surface area contributed by atoms with Crippen LogP contribution in [0.15, 0.2) is 30.5 Å². The Balaban J connectivity index is 1.72. The molecule has 0 unspecified atom stereocenters. The summed E-state index contributed by atoms with van der Waals surface area (Å²) in [5.41, 5.74) is 2.25. The van der Waals surface area contributed by atoms with Gasteiger partial charge in [-0.2, -0.15) is 0 Å². The van der Waals surface area contributed by atoms with Gasteiger partial charge < -0.3 is 5.32 Å². The van der Waals surface area contributed by atoms with E-state index in [-0.39, 0.29) is 0 Å². The van der Waals surface area contributed by atoms with Crippen molar-refractivity contribution in [3.05, 3.63) is 41.0 Å². The average Bonchev–Trinajstić information content (AvgIpc) is 3.21. The average molecular weight is 261 g/mol. The van der Waals surface area contributed by atoms with E-state index in [0.717, 1.165) is 34.9 Å². The second kappa shape index (κ2) is 5.25. The van der Waals surface area contributed by atoms with Crippen molar-refractivity contribution in [1.82, 2.24) is 10.3 Å². The maximum Gasteiger partial charge on any atom is 0.0761 e. The van der Waals surface area contributed by atoms with E-state index in [9.17, 15) is 0 Å². The van der Waals surface area contributed by atoms with E-state index >= 15 is 0 Å². The molecule has 94 valence electrons. The van der Waals surface area contributed by atoms with Gasteiger partial charge in [0.15, 0.2) is 0 Å². The monoisotopic (exact) mass is 260 g/mol. The highest BCUT2D eigenvalue weighted by molar-refractivity contribution is 6.35. The summed E-state index contributed by atoms with van der Waals surface area (Å²) in [6.45, 7) is 1.97. The lowest BCUT2D eigenvalue weighted by Gasteiger charge is -2.08. The molecule has 2 nitrogen and oxygen atoms in total. The molecular weight excluding hydrogens is 244 g/mol. The van der Waals surface area contributed by atoms with Gasteiger partial charge in [-0.1, -0.05) is 30.5 Å². The molecule has 0 radical (unpaired) electrons. The molecule has 1 aromatic carbocycles. The predicted octanol–water partition coefficient (Wildman–Crippen LogP) is 3.78. The number of hydrogen-bond donors (Lipinski definition) is 1. The fraction of sp³-hybridized carbons (Fsp3) is 0.400. The molecule has 18 heavy (non-hydrogen) atoms. The smallest absolute Gasteiger partial charge is 0.0761 e. The molecule has 3 rings (SSSR count). The summed E-state index contributed by atoms with van der Waals surface area (Å²) in [4.78, 5) is 4.44. The molecule has 1 N–H and O–H groups in total. The molecule has 2 aromatic rings. The van der Waals surface area contributed by atoms with Gasteiger partial charge in [0.1, 0.15) is 0 Å². The van der Waals surface area contributed by atoms with Crippen LogP contribution in [0.25, 0.3) is 10.9 Å². The zero-order valence-electron chi connectivity index (χ0n) is 10.3. The highest BCUT2D eigenvalue weighted by atomic mass is 35.5. The third kappa shape index (κ3) is 2.65. The Morgan fingerprint density at radius 1 is 1.28 bits per heavy atom. The van der Waals surface area contributed by atoms with Gasteiger partial charge in [-0.05, 0) is 42.6 Å². The van der Waals surface area contributed by atoms with Crippen LogP contribution in [0.5, 0.6) is 0 Å². The topological polar surface area (TPSA) is 24.9 Å². The van der Waals surface area contributed by atoms with Gasteiger partial charge in [-0.25, -0.2) is 0 Å². The van der Waals surface area contributed by atoms with Crippen LogP contribution in [0.3, 0.4) is 0 Å². The van der Waals surface area contributed by atoms with E-state index in [1.54, 1.807) is 0 Å². The standard InChI is InChI=1S/C15H17ClN2/c16-14-6-5-12(10-17-9-7-11-3-4-11)15-13(14)2-1-8-18-15/h1-2,5-6,8,11,17H,3-4,7,9-10H2. The van der Waals surface area contributed by atoms with Crippen molar-refractivity contribution >= 4 is 22.5 Å². The summed E-state index contributed by atoms with van der Waals surface area (Å²) >= 11 is 6.18. The third-order valence-electron chi connectivity index (χ3n) is 3.54. The molecule has 0 amide bonds. The molecule has 1 heterocycles. The zero-order chi connectivity index (χ0) is 12.4.